The van der Waals surface area contributed by atoms with Gasteiger partial charge in [0, 0.05) is 10.0 Å². The SMILES string of the molecule is Cc1cc(Br)ccc1/C=N/[S+]([O-])C(C)(C)C. The van der Waals surface area contributed by atoms with E-state index in [9.17, 15) is 4.55 Å². The first-order valence-electron chi connectivity index (χ1n) is 5.03. The quantitative estimate of drug-likeness (QED) is 0.607. The maximum Gasteiger partial charge on any atom is 0.144 e. The van der Waals surface area contributed by atoms with Crippen molar-refractivity contribution in [3.63, 3.8) is 0 Å². The molecule has 0 aliphatic rings. The lowest BCUT2D eigenvalue weighted by atomic mass is 10.1. The molecule has 1 atom stereocenters. The van der Waals surface area contributed by atoms with Crippen molar-refractivity contribution in [2.45, 2.75) is 32.4 Å². The Morgan fingerprint density at radius 2 is 2.00 bits per heavy atom. The van der Waals surface area contributed by atoms with Crippen LogP contribution in [0.15, 0.2) is 27.1 Å². The molecule has 0 heterocycles. The average Bonchev–Trinajstić information content (AvgIpc) is 2.14. The molecule has 0 saturated carbocycles. The largest absolute Gasteiger partial charge is 0.591 e. The lowest BCUT2D eigenvalue weighted by Crippen LogP contribution is -2.25. The molecule has 88 valence electrons. The molecule has 0 aliphatic heterocycles. The number of aryl methyl sites for hydroxylation is 1. The molecule has 0 aromatic heterocycles. The van der Waals surface area contributed by atoms with Crippen LogP contribution in [0.25, 0.3) is 0 Å². The zero-order valence-corrected chi connectivity index (χ0v) is 12.4. The van der Waals surface area contributed by atoms with Crippen LogP contribution in [0, 0.1) is 6.92 Å². The van der Waals surface area contributed by atoms with Crippen molar-refractivity contribution in [1.82, 2.24) is 0 Å². The summed E-state index contributed by atoms with van der Waals surface area (Å²) in [7, 11) is 0. The van der Waals surface area contributed by atoms with Crippen molar-refractivity contribution in [1.29, 1.82) is 0 Å². The average molecular weight is 302 g/mol. The summed E-state index contributed by atoms with van der Waals surface area (Å²) >= 11 is 2.21. The Morgan fingerprint density at radius 1 is 1.38 bits per heavy atom. The molecule has 2 nitrogen and oxygen atoms in total. The van der Waals surface area contributed by atoms with Gasteiger partial charge in [0.05, 0.1) is 6.21 Å². The van der Waals surface area contributed by atoms with E-state index in [4.69, 9.17) is 0 Å². The number of halogens is 1. The summed E-state index contributed by atoms with van der Waals surface area (Å²) in [6.07, 6.45) is 1.68. The molecule has 0 bridgehead atoms. The van der Waals surface area contributed by atoms with Crippen LogP contribution in [0.2, 0.25) is 0 Å². The molecule has 0 saturated heterocycles. The van der Waals surface area contributed by atoms with Crippen molar-refractivity contribution < 1.29 is 4.55 Å². The standard InChI is InChI=1S/C12H16BrNOS/c1-9-7-11(13)6-5-10(9)8-14-16(15)12(2,3)4/h5-8H,1-4H3/b14-8+. The molecule has 0 N–H and O–H groups in total. The van der Waals surface area contributed by atoms with Crippen LogP contribution >= 0.6 is 15.9 Å². The Balaban J connectivity index is 2.85. The van der Waals surface area contributed by atoms with E-state index in [2.05, 4.69) is 20.3 Å². The van der Waals surface area contributed by atoms with Crippen LogP contribution in [0.5, 0.6) is 0 Å². The minimum Gasteiger partial charge on any atom is -0.591 e. The predicted molar refractivity (Wildman–Crippen MR) is 74.4 cm³/mol. The molecule has 1 rings (SSSR count). The summed E-state index contributed by atoms with van der Waals surface area (Å²) in [5.41, 5.74) is 2.12. The molecule has 1 unspecified atom stereocenters. The molecule has 1 aromatic rings. The van der Waals surface area contributed by atoms with Gasteiger partial charge in [0.15, 0.2) is 0 Å². The molecular formula is C12H16BrNOS. The van der Waals surface area contributed by atoms with Crippen LogP contribution in [0.1, 0.15) is 31.9 Å². The molecule has 0 amide bonds. The fourth-order valence-corrected chi connectivity index (χ4v) is 2.05. The summed E-state index contributed by atoms with van der Waals surface area (Å²) in [5.74, 6) is 0. The maximum absolute atomic E-state index is 11.7. The van der Waals surface area contributed by atoms with Gasteiger partial charge in [-0.25, -0.2) is 0 Å². The highest BCUT2D eigenvalue weighted by Crippen LogP contribution is 2.18. The highest BCUT2D eigenvalue weighted by Gasteiger charge is 2.25. The number of nitrogens with zero attached hydrogens (tertiary/aromatic N) is 1. The van der Waals surface area contributed by atoms with E-state index in [1.165, 1.54) is 0 Å². The van der Waals surface area contributed by atoms with Crippen molar-refractivity contribution >= 4 is 33.5 Å². The Labute approximate surface area is 109 Å². The molecule has 16 heavy (non-hydrogen) atoms. The van der Waals surface area contributed by atoms with Crippen molar-refractivity contribution in [3.05, 3.63) is 33.8 Å². The second kappa shape index (κ2) is 5.34. The Morgan fingerprint density at radius 3 is 2.50 bits per heavy atom. The monoisotopic (exact) mass is 301 g/mol. The van der Waals surface area contributed by atoms with E-state index in [-0.39, 0.29) is 4.75 Å². The zero-order chi connectivity index (χ0) is 12.3. The summed E-state index contributed by atoms with van der Waals surface area (Å²) in [6, 6.07) is 5.93. The number of hydrogen-bond donors (Lipinski definition) is 0. The van der Waals surface area contributed by atoms with E-state index < -0.39 is 11.4 Å². The van der Waals surface area contributed by atoms with Crippen LogP contribution in [0.3, 0.4) is 0 Å². The molecule has 0 fully saturated rings. The lowest BCUT2D eigenvalue weighted by molar-refractivity contribution is 0.562. The number of hydrogen-bond acceptors (Lipinski definition) is 2. The van der Waals surface area contributed by atoms with Gasteiger partial charge in [-0.3, -0.25) is 0 Å². The van der Waals surface area contributed by atoms with Gasteiger partial charge in [-0.2, -0.15) is 0 Å². The minimum absolute atomic E-state index is 0.306. The van der Waals surface area contributed by atoms with Crippen molar-refractivity contribution in [2.75, 3.05) is 0 Å². The summed E-state index contributed by atoms with van der Waals surface area (Å²) in [4.78, 5) is 0. The van der Waals surface area contributed by atoms with Gasteiger partial charge < -0.3 is 4.55 Å². The first kappa shape index (κ1) is 13.7. The van der Waals surface area contributed by atoms with E-state index in [1.807, 2.05) is 45.9 Å². The summed E-state index contributed by atoms with van der Waals surface area (Å²) in [5, 5.41) is 0. The van der Waals surface area contributed by atoms with Crippen LogP contribution in [-0.4, -0.2) is 15.5 Å². The second-order valence-electron chi connectivity index (χ2n) is 4.60. The second-order valence-corrected chi connectivity index (χ2v) is 7.45. The van der Waals surface area contributed by atoms with E-state index in [0.29, 0.717) is 0 Å². The third-order valence-electron chi connectivity index (χ3n) is 2.04. The van der Waals surface area contributed by atoms with Gasteiger partial charge in [0.2, 0.25) is 0 Å². The van der Waals surface area contributed by atoms with Crippen molar-refractivity contribution in [3.8, 4) is 0 Å². The molecule has 0 radical (unpaired) electrons. The fourth-order valence-electron chi connectivity index (χ4n) is 1.05. The normalized spacial score (nSPS) is 14.4. The van der Waals surface area contributed by atoms with E-state index in [1.54, 1.807) is 6.21 Å². The Hall–Kier alpha value is -0.320. The zero-order valence-electron chi connectivity index (χ0n) is 9.95. The van der Waals surface area contributed by atoms with Crippen LogP contribution in [-0.2, 0) is 11.4 Å². The van der Waals surface area contributed by atoms with E-state index >= 15 is 0 Å². The topological polar surface area (TPSA) is 35.4 Å². The first-order chi connectivity index (χ1) is 7.30. The maximum atomic E-state index is 11.7. The fraction of sp³-hybridized carbons (Fsp3) is 0.417. The van der Waals surface area contributed by atoms with Gasteiger partial charge in [0.1, 0.15) is 16.1 Å². The highest BCUT2D eigenvalue weighted by atomic mass is 79.9. The lowest BCUT2D eigenvalue weighted by Gasteiger charge is -2.17. The first-order valence-corrected chi connectivity index (χ1v) is 6.93. The predicted octanol–water partition coefficient (Wildman–Crippen LogP) is 3.64. The molecular weight excluding hydrogens is 286 g/mol. The van der Waals surface area contributed by atoms with Gasteiger partial charge in [-0.1, -0.05) is 26.4 Å². The third-order valence-corrected chi connectivity index (χ3v) is 3.88. The van der Waals surface area contributed by atoms with E-state index in [0.717, 1.165) is 15.6 Å². The highest BCUT2D eigenvalue weighted by molar-refractivity contribution is 9.10. The van der Waals surface area contributed by atoms with Crippen LogP contribution in [0.4, 0.5) is 0 Å². The smallest absolute Gasteiger partial charge is 0.144 e. The van der Waals surface area contributed by atoms with Gasteiger partial charge >= 0.3 is 0 Å². The summed E-state index contributed by atoms with van der Waals surface area (Å²) < 4.78 is 16.5. The van der Waals surface area contributed by atoms with Gasteiger partial charge in [-0.05, 0) is 45.4 Å². The molecule has 0 aliphatic carbocycles. The molecule has 4 heteroatoms. The number of benzene rings is 1. The van der Waals surface area contributed by atoms with Crippen molar-refractivity contribution in [2.24, 2.45) is 4.40 Å². The van der Waals surface area contributed by atoms with Crippen LogP contribution < -0.4 is 0 Å². The number of rotatable bonds is 2. The Bertz CT molecular complexity index is 398. The minimum atomic E-state index is -1.19. The Kier molecular flexibility index (Phi) is 4.59. The summed E-state index contributed by atoms with van der Waals surface area (Å²) in [6.45, 7) is 7.74. The van der Waals surface area contributed by atoms with Gasteiger partial charge in [-0.15, -0.1) is 0 Å². The molecule has 0 spiro atoms. The van der Waals surface area contributed by atoms with Gasteiger partial charge in [0.25, 0.3) is 0 Å². The third kappa shape index (κ3) is 3.92. The molecule has 1 aromatic carbocycles.